The van der Waals surface area contributed by atoms with Crippen LogP contribution in [-0.4, -0.2) is 62.6 Å². The van der Waals surface area contributed by atoms with Crippen LogP contribution < -0.4 is 9.64 Å². The van der Waals surface area contributed by atoms with Gasteiger partial charge in [0.2, 0.25) is 5.91 Å². The fraction of sp³-hybridized carbons (Fsp3) is 0.381. The van der Waals surface area contributed by atoms with Crippen molar-refractivity contribution in [2.24, 2.45) is 0 Å². The smallest absolute Gasteiger partial charge is 0.236 e. The van der Waals surface area contributed by atoms with E-state index in [4.69, 9.17) is 4.74 Å². The maximum absolute atomic E-state index is 13.8. The Hall–Kier alpha value is -2.60. The number of amides is 1. The van der Waals surface area contributed by atoms with Crippen LogP contribution >= 0.6 is 0 Å². The fourth-order valence-electron chi connectivity index (χ4n) is 3.24. The lowest BCUT2D eigenvalue weighted by atomic mass is 10.2. The van der Waals surface area contributed by atoms with Crippen LogP contribution in [0.3, 0.4) is 0 Å². The van der Waals surface area contributed by atoms with Gasteiger partial charge in [-0.2, -0.15) is 0 Å². The molecule has 27 heavy (non-hydrogen) atoms. The lowest BCUT2D eigenvalue weighted by Gasteiger charge is -2.36. The van der Waals surface area contributed by atoms with E-state index in [0.717, 1.165) is 31.9 Å². The zero-order valence-electron chi connectivity index (χ0n) is 15.9. The molecule has 1 saturated heterocycles. The number of anilines is 1. The van der Waals surface area contributed by atoms with Gasteiger partial charge < -0.3 is 14.5 Å². The number of hydrogen-bond acceptors (Lipinski definition) is 4. The number of ether oxygens (including phenoxy) is 1. The first-order valence-corrected chi connectivity index (χ1v) is 9.15. The Kier molecular flexibility index (Phi) is 6.29. The van der Waals surface area contributed by atoms with Gasteiger partial charge in [-0.05, 0) is 30.3 Å². The van der Waals surface area contributed by atoms with Gasteiger partial charge in [0.05, 0.1) is 13.7 Å². The van der Waals surface area contributed by atoms with E-state index in [9.17, 15) is 9.18 Å². The third-order valence-corrected chi connectivity index (χ3v) is 4.96. The van der Waals surface area contributed by atoms with Crippen LogP contribution in [0.5, 0.6) is 5.75 Å². The van der Waals surface area contributed by atoms with Crippen LogP contribution in [-0.2, 0) is 11.3 Å². The van der Waals surface area contributed by atoms with Gasteiger partial charge in [-0.1, -0.05) is 18.2 Å². The molecule has 0 aromatic heterocycles. The fourth-order valence-corrected chi connectivity index (χ4v) is 3.24. The monoisotopic (exact) mass is 371 g/mol. The van der Waals surface area contributed by atoms with Crippen molar-refractivity contribution in [1.29, 1.82) is 0 Å². The van der Waals surface area contributed by atoms with Gasteiger partial charge in [0.1, 0.15) is 11.6 Å². The lowest BCUT2D eigenvalue weighted by Crippen LogP contribution is -2.49. The summed E-state index contributed by atoms with van der Waals surface area (Å²) in [5, 5.41) is 0. The van der Waals surface area contributed by atoms with Gasteiger partial charge in [-0.15, -0.1) is 0 Å². The van der Waals surface area contributed by atoms with E-state index < -0.39 is 0 Å². The average molecular weight is 371 g/mol. The minimum Gasteiger partial charge on any atom is -0.497 e. The highest BCUT2D eigenvalue weighted by Crippen LogP contribution is 2.20. The second-order valence-corrected chi connectivity index (χ2v) is 6.80. The Morgan fingerprint density at radius 2 is 1.74 bits per heavy atom. The number of carbonyl (C=O) groups excluding carboxylic acids is 1. The van der Waals surface area contributed by atoms with Crippen molar-refractivity contribution in [1.82, 2.24) is 9.80 Å². The number of rotatable bonds is 6. The molecular weight excluding hydrogens is 345 g/mol. The van der Waals surface area contributed by atoms with Crippen LogP contribution in [0.1, 0.15) is 5.56 Å². The highest BCUT2D eigenvalue weighted by atomic mass is 19.1. The minimum atomic E-state index is -0.273. The first kappa shape index (κ1) is 19.2. The van der Waals surface area contributed by atoms with Crippen molar-refractivity contribution in [2.75, 3.05) is 51.8 Å². The maximum Gasteiger partial charge on any atom is 0.236 e. The van der Waals surface area contributed by atoms with Gasteiger partial charge in [0, 0.05) is 51.0 Å². The highest BCUT2D eigenvalue weighted by molar-refractivity contribution is 5.78. The highest BCUT2D eigenvalue weighted by Gasteiger charge is 2.21. The summed E-state index contributed by atoms with van der Waals surface area (Å²) >= 11 is 0. The van der Waals surface area contributed by atoms with E-state index >= 15 is 0 Å². The Balaban J connectivity index is 1.48. The van der Waals surface area contributed by atoms with Crippen molar-refractivity contribution in [3.63, 3.8) is 0 Å². The van der Waals surface area contributed by atoms with Gasteiger partial charge in [-0.25, -0.2) is 4.39 Å². The largest absolute Gasteiger partial charge is 0.497 e. The molecule has 0 spiro atoms. The number of halogens is 1. The molecule has 0 atom stereocenters. The van der Waals surface area contributed by atoms with Crippen LogP contribution in [0.4, 0.5) is 10.1 Å². The van der Waals surface area contributed by atoms with Gasteiger partial charge in [0.25, 0.3) is 0 Å². The molecule has 6 heteroatoms. The van der Waals surface area contributed by atoms with Crippen LogP contribution in [0.25, 0.3) is 0 Å². The molecule has 1 heterocycles. The third-order valence-electron chi connectivity index (χ3n) is 4.96. The van der Waals surface area contributed by atoms with Gasteiger partial charge in [-0.3, -0.25) is 9.69 Å². The molecule has 0 bridgehead atoms. The first-order valence-electron chi connectivity index (χ1n) is 9.15. The summed E-state index contributed by atoms with van der Waals surface area (Å²) in [6, 6.07) is 14.6. The molecular formula is C21H26FN3O2. The number of methoxy groups -OCH3 is 1. The van der Waals surface area contributed by atoms with E-state index in [1.165, 1.54) is 11.8 Å². The molecule has 1 aliphatic rings. The maximum atomic E-state index is 13.8. The SMILES string of the molecule is COc1ccc(N2CCN(CC(=O)N(C)Cc3ccccc3F)CC2)cc1. The summed E-state index contributed by atoms with van der Waals surface area (Å²) in [5.74, 6) is 0.585. The lowest BCUT2D eigenvalue weighted by molar-refractivity contribution is -0.131. The molecule has 0 saturated carbocycles. The number of benzene rings is 2. The topological polar surface area (TPSA) is 36.0 Å². The molecule has 2 aromatic rings. The van der Waals surface area contributed by atoms with Crippen LogP contribution in [0, 0.1) is 5.82 Å². The van der Waals surface area contributed by atoms with Gasteiger partial charge >= 0.3 is 0 Å². The van der Waals surface area contributed by atoms with E-state index in [-0.39, 0.29) is 18.3 Å². The summed E-state index contributed by atoms with van der Waals surface area (Å²) in [6.07, 6.45) is 0. The summed E-state index contributed by atoms with van der Waals surface area (Å²) < 4.78 is 19.0. The molecule has 0 aliphatic carbocycles. The Morgan fingerprint density at radius 3 is 2.37 bits per heavy atom. The standard InChI is InChI=1S/C21H26FN3O2/c1-23(15-17-5-3-4-6-20(17)22)21(26)16-24-11-13-25(14-12-24)18-7-9-19(27-2)10-8-18/h3-10H,11-16H2,1-2H3. The third kappa shape index (κ3) is 4.98. The number of piperazine rings is 1. The van der Waals surface area contributed by atoms with Crippen molar-refractivity contribution in [3.8, 4) is 5.75 Å². The van der Waals surface area contributed by atoms with Crippen molar-refractivity contribution >= 4 is 11.6 Å². The molecule has 0 N–H and O–H groups in total. The molecule has 0 unspecified atom stereocenters. The van der Waals surface area contributed by atoms with Crippen molar-refractivity contribution in [2.45, 2.75) is 6.54 Å². The van der Waals surface area contributed by atoms with E-state index in [1.54, 1.807) is 37.3 Å². The van der Waals surface area contributed by atoms with Crippen LogP contribution in [0.2, 0.25) is 0 Å². The quantitative estimate of drug-likeness (QED) is 0.782. The number of nitrogens with zero attached hydrogens (tertiary/aromatic N) is 3. The predicted molar refractivity (Wildman–Crippen MR) is 105 cm³/mol. The molecule has 1 amide bonds. The molecule has 5 nitrogen and oxygen atoms in total. The summed E-state index contributed by atoms with van der Waals surface area (Å²) in [6.45, 7) is 4.04. The van der Waals surface area contributed by atoms with Crippen LogP contribution in [0.15, 0.2) is 48.5 Å². The minimum absolute atomic E-state index is 0.0103. The number of carbonyl (C=O) groups is 1. The predicted octanol–water partition coefficient (Wildman–Crippen LogP) is 2.61. The average Bonchev–Trinajstić information content (AvgIpc) is 2.70. The first-order chi connectivity index (χ1) is 13.1. The zero-order valence-corrected chi connectivity index (χ0v) is 15.9. The Morgan fingerprint density at radius 1 is 1.07 bits per heavy atom. The molecule has 0 radical (unpaired) electrons. The molecule has 1 aliphatic heterocycles. The van der Waals surface area contributed by atoms with Crippen molar-refractivity contribution < 1.29 is 13.9 Å². The second-order valence-electron chi connectivity index (χ2n) is 6.80. The number of hydrogen-bond donors (Lipinski definition) is 0. The van der Waals surface area contributed by atoms with Gasteiger partial charge in [0.15, 0.2) is 0 Å². The summed E-state index contributed by atoms with van der Waals surface area (Å²) in [4.78, 5) is 18.5. The zero-order chi connectivity index (χ0) is 19.2. The Bertz CT molecular complexity index is 758. The molecule has 144 valence electrons. The molecule has 2 aromatic carbocycles. The second kappa shape index (κ2) is 8.86. The Labute approximate surface area is 159 Å². The van der Waals surface area contributed by atoms with E-state index in [1.807, 2.05) is 12.1 Å². The number of likely N-dealkylation sites (N-methyl/N-ethyl adjacent to an activating group) is 1. The summed E-state index contributed by atoms with van der Waals surface area (Å²) in [7, 11) is 3.39. The molecule has 1 fully saturated rings. The summed E-state index contributed by atoms with van der Waals surface area (Å²) in [5.41, 5.74) is 1.70. The normalized spacial score (nSPS) is 14.9. The molecule has 3 rings (SSSR count). The van der Waals surface area contributed by atoms with E-state index in [0.29, 0.717) is 12.1 Å². The van der Waals surface area contributed by atoms with E-state index in [2.05, 4.69) is 21.9 Å². The van der Waals surface area contributed by atoms with Crippen molar-refractivity contribution in [3.05, 3.63) is 59.9 Å².